The molecule has 0 saturated carbocycles. The normalized spacial score (nSPS) is 10.3. The number of hydrogen-bond acceptors (Lipinski definition) is 4. The zero-order chi connectivity index (χ0) is 13.1. The van der Waals surface area contributed by atoms with Crippen LogP contribution in [0.5, 0.6) is 0 Å². The minimum absolute atomic E-state index is 0.132. The Balaban J connectivity index is 2.04. The lowest BCUT2D eigenvalue weighted by atomic mass is 10.1. The Kier molecular flexibility index (Phi) is 3.62. The second-order valence-corrected chi connectivity index (χ2v) is 5.04. The molecule has 1 aromatic carbocycles. The molecule has 0 atom stereocenters. The average molecular weight is 262 g/mol. The summed E-state index contributed by atoms with van der Waals surface area (Å²) in [6.45, 7) is 4.62. The van der Waals surface area contributed by atoms with E-state index in [1.165, 1.54) is 11.1 Å². The van der Waals surface area contributed by atoms with Crippen molar-refractivity contribution >= 4 is 23.0 Å². The fourth-order valence-electron chi connectivity index (χ4n) is 1.76. The SMILES string of the molecule is Cc1cc(C)cc(NCc2csc(C(=O)O)n2)c1. The van der Waals surface area contributed by atoms with E-state index in [0.717, 1.165) is 22.7 Å². The van der Waals surface area contributed by atoms with Crippen molar-refractivity contribution in [3.05, 3.63) is 45.4 Å². The predicted octanol–water partition coefficient (Wildman–Crippen LogP) is 3.07. The van der Waals surface area contributed by atoms with Gasteiger partial charge in [-0.25, -0.2) is 9.78 Å². The van der Waals surface area contributed by atoms with Gasteiger partial charge in [0.05, 0.1) is 12.2 Å². The highest BCUT2D eigenvalue weighted by atomic mass is 32.1. The highest BCUT2D eigenvalue weighted by molar-refractivity contribution is 7.11. The quantitative estimate of drug-likeness (QED) is 0.889. The predicted molar refractivity (Wildman–Crippen MR) is 72.3 cm³/mol. The number of aromatic nitrogens is 1. The van der Waals surface area contributed by atoms with Crippen LogP contribution in [0.3, 0.4) is 0 Å². The summed E-state index contributed by atoms with van der Waals surface area (Å²) in [4.78, 5) is 14.7. The zero-order valence-corrected chi connectivity index (χ0v) is 11.0. The maximum Gasteiger partial charge on any atom is 0.365 e. The monoisotopic (exact) mass is 262 g/mol. The molecular formula is C13H14N2O2S. The van der Waals surface area contributed by atoms with Crippen molar-refractivity contribution in [3.63, 3.8) is 0 Å². The minimum Gasteiger partial charge on any atom is -0.476 e. The Bertz CT molecular complexity index is 558. The molecule has 2 rings (SSSR count). The molecule has 94 valence electrons. The van der Waals surface area contributed by atoms with Gasteiger partial charge < -0.3 is 10.4 Å². The van der Waals surface area contributed by atoms with Gasteiger partial charge in [-0.15, -0.1) is 11.3 Å². The lowest BCUT2D eigenvalue weighted by Crippen LogP contribution is -2.02. The van der Waals surface area contributed by atoms with E-state index in [1.54, 1.807) is 5.38 Å². The van der Waals surface area contributed by atoms with E-state index >= 15 is 0 Å². The van der Waals surface area contributed by atoms with Crippen molar-refractivity contribution in [2.24, 2.45) is 0 Å². The molecule has 4 nitrogen and oxygen atoms in total. The van der Waals surface area contributed by atoms with Gasteiger partial charge in [-0.3, -0.25) is 0 Å². The molecule has 1 aromatic heterocycles. The third-order valence-electron chi connectivity index (χ3n) is 2.43. The van der Waals surface area contributed by atoms with Gasteiger partial charge in [-0.1, -0.05) is 6.07 Å². The molecular weight excluding hydrogens is 248 g/mol. The number of thiazole rings is 1. The zero-order valence-electron chi connectivity index (χ0n) is 10.2. The Hall–Kier alpha value is -1.88. The molecule has 0 aliphatic carbocycles. The summed E-state index contributed by atoms with van der Waals surface area (Å²) in [7, 11) is 0. The lowest BCUT2D eigenvalue weighted by molar-refractivity contribution is 0.0696. The van der Waals surface area contributed by atoms with E-state index < -0.39 is 5.97 Å². The van der Waals surface area contributed by atoms with E-state index in [1.807, 2.05) is 13.8 Å². The standard InChI is InChI=1S/C13H14N2O2S/c1-8-3-9(2)5-10(4-8)14-6-11-7-18-12(15-11)13(16)17/h3-5,7,14H,6H2,1-2H3,(H,16,17). The van der Waals surface area contributed by atoms with E-state index in [2.05, 4.69) is 28.5 Å². The molecule has 2 aromatic rings. The first-order valence-corrected chi connectivity index (χ1v) is 6.42. The minimum atomic E-state index is -0.974. The molecule has 0 amide bonds. The first-order chi connectivity index (χ1) is 8.54. The third-order valence-corrected chi connectivity index (χ3v) is 3.31. The summed E-state index contributed by atoms with van der Waals surface area (Å²) in [6, 6.07) is 6.21. The Labute approximate surface area is 109 Å². The summed E-state index contributed by atoms with van der Waals surface area (Å²) in [6.07, 6.45) is 0. The van der Waals surface area contributed by atoms with Crippen molar-refractivity contribution in [3.8, 4) is 0 Å². The molecule has 0 radical (unpaired) electrons. The number of hydrogen-bond donors (Lipinski definition) is 2. The summed E-state index contributed by atoms with van der Waals surface area (Å²) < 4.78 is 0. The molecule has 5 heteroatoms. The highest BCUT2D eigenvalue weighted by Crippen LogP contribution is 2.16. The van der Waals surface area contributed by atoms with E-state index in [9.17, 15) is 4.79 Å². The number of rotatable bonds is 4. The first-order valence-electron chi connectivity index (χ1n) is 5.54. The smallest absolute Gasteiger partial charge is 0.365 e. The van der Waals surface area contributed by atoms with E-state index in [0.29, 0.717) is 6.54 Å². The topological polar surface area (TPSA) is 62.2 Å². The molecule has 0 fully saturated rings. The molecule has 0 aliphatic heterocycles. The van der Waals surface area contributed by atoms with Crippen LogP contribution in [-0.2, 0) is 6.54 Å². The molecule has 2 N–H and O–H groups in total. The Morgan fingerprint density at radius 1 is 1.33 bits per heavy atom. The van der Waals surface area contributed by atoms with Crippen LogP contribution in [-0.4, -0.2) is 16.1 Å². The maximum absolute atomic E-state index is 10.7. The number of anilines is 1. The molecule has 18 heavy (non-hydrogen) atoms. The van der Waals surface area contributed by atoms with Gasteiger partial charge in [0.1, 0.15) is 0 Å². The highest BCUT2D eigenvalue weighted by Gasteiger charge is 2.08. The fourth-order valence-corrected chi connectivity index (χ4v) is 2.41. The number of aryl methyl sites for hydroxylation is 2. The molecule has 0 saturated heterocycles. The summed E-state index contributed by atoms with van der Waals surface area (Å²) in [5.74, 6) is -0.974. The third kappa shape index (κ3) is 3.07. The average Bonchev–Trinajstić information content (AvgIpc) is 2.73. The number of nitrogens with zero attached hydrogens (tertiary/aromatic N) is 1. The van der Waals surface area contributed by atoms with Crippen molar-refractivity contribution in [1.29, 1.82) is 0 Å². The second kappa shape index (κ2) is 5.18. The summed E-state index contributed by atoms with van der Waals surface area (Å²) >= 11 is 1.15. The molecule has 0 aliphatic rings. The largest absolute Gasteiger partial charge is 0.476 e. The number of aromatic carboxylic acids is 1. The van der Waals surface area contributed by atoms with E-state index in [4.69, 9.17) is 5.11 Å². The number of carbonyl (C=O) groups is 1. The second-order valence-electron chi connectivity index (χ2n) is 4.18. The van der Waals surface area contributed by atoms with Crippen LogP contribution < -0.4 is 5.32 Å². The van der Waals surface area contributed by atoms with Gasteiger partial charge >= 0.3 is 5.97 Å². The Morgan fingerprint density at radius 3 is 2.56 bits per heavy atom. The van der Waals surface area contributed by atoms with Gasteiger partial charge in [0.25, 0.3) is 0 Å². The number of nitrogens with one attached hydrogen (secondary N) is 1. The molecule has 0 bridgehead atoms. The molecule has 0 unspecified atom stereocenters. The van der Waals surface area contributed by atoms with Gasteiger partial charge in [-0.2, -0.15) is 0 Å². The van der Waals surface area contributed by atoms with Crippen LogP contribution in [0.25, 0.3) is 0 Å². The van der Waals surface area contributed by atoms with Crippen molar-refractivity contribution < 1.29 is 9.90 Å². The molecule has 1 heterocycles. The van der Waals surface area contributed by atoms with Crippen LogP contribution in [0, 0.1) is 13.8 Å². The van der Waals surface area contributed by atoms with Crippen molar-refractivity contribution in [2.45, 2.75) is 20.4 Å². The van der Waals surface area contributed by atoms with Crippen molar-refractivity contribution in [2.75, 3.05) is 5.32 Å². The van der Waals surface area contributed by atoms with E-state index in [-0.39, 0.29) is 5.01 Å². The Morgan fingerprint density at radius 2 is 2.00 bits per heavy atom. The lowest BCUT2D eigenvalue weighted by Gasteiger charge is -2.07. The van der Waals surface area contributed by atoms with Crippen LogP contribution in [0.2, 0.25) is 0 Å². The van der Waals surface area contributed by atoms with Crippen molar-refractivity contribution in [1.82, 2.24) is 4.98 Å². The van der Waals surface area contributed by atoms with Crippen LogP contribution in [0.15, 0.2) is 23.6 Å². The number of carboxylic acid groups (broad SMARTS) is 1. The van der Waals surface area contributed by atoms with Gasteiger partial charge in [0.15, 0.2) is 0 Å². The first kappa shape index (κ1) is 12.6. The van der Waals surface area contributed by atoms with Gasteiger partial charge in [-0.05, 0) is 37.1 Å². The van der Waals surface area contributed by atoms with Gasteiger partial charge in [0, 0.05) is 11.1 Å². The fraction of sp³-hybridized carbons (Fsp3) is 0.231. The number of benzene rings is 1. The number of carboxylic acids is 1. The summed E-state index contributed by atoms with van der Waals surface area (Å²) in [5, 5.41) is 13.9. The maximum atomic E-state index is 10.7. The van der Waals surface area contributed by atoms with Crippen LogP contribution >= 0.6 is 11.3 Å². The molecule has 0 spiro atoms. The summed E-state index contributed by atoms with van der Waals surface area (Å²) in [5.41, 5.74) is 4.16. The van der Waals surface area contributed by atoms with Crippen LogP contribution in [0.1, 0.15) is 26.6 Å². The van der Waals surface area contributed by atoms with Gasteiger partial charge in [0.2, 0.25) is 5.01 Å². The van der Waals surface area contributed by atoms with Crippen LogP contribution in [0.4, 0.5) is 5.69 Å².